The van der Waals surface area contributed by atoms with Crippen LogP contribution < -0.4 is 0 Å². The van der Waals surface area contributed by atoms with E-state index < -0.39 is 20.3 Å². The molecule has 1 fully saturated rings. The summed E-state index contributed by atoms with van der Waals surface area (Å²) in [5.41, 5.74) is 1.50. The van der Waals surface area contributed by atoms with Crippen LogP contribution >= 0.6 is 0 Å². The number of ether oxygens (including phenoxy) is 1. The molecule has 0 aliphatic carbocycles. The predicted octanol–water partition coefficient (Wildman–Crippen LogP) is 2.16. The Labute approximate surface area is 120 Å². The molecule has 1 saturated heterocycles. The Balaban J connectivity index is 2.18. The molecule has 5 heteroatoms. The minimum atomic E-state index is -3.45. The summed E-state index contributed by atoms with van der Waals surface area (Å²) in [4.78, 5) is 12.3. The fourth-order valence-electron chi connectivity index (χ4n) is 2.39. The van der Waals surface area contributed by atoms with Gasteiger partial charge in [-0.3, -0.25) is 4.79 Å². The van der Waals surface area contributed by atoms with Crippen LogP contribution in [0.2, 0.25) is 0 Å². The van der Waals surface area contributed by atoms with Gasteiger partial charge in [-0.05, 0) is 26.7 Å². The van der Waals surface area contributed by atoms with Crippen molar-refractivity contribution in [3.8, 4) is 0 Å². The van der Waals surface area contributed by atoms with Crippen molar-refractivity contribution in [2.24, 2.45) is 0 Å². The molecule has 1 atom stereocenters. The van der Waals surface area contributed by atoms with Gasteiger partial charge in [0.2, 0.25) is 0 Å². The Morgan fingerprint density at radius 1 is 1.20 bits per heavy atom. The standard InChI is InChI=1S/C15H20O4S/c1-11-3-5-13(6-4-11)15(16)12(2)20(17,18)14-7-9-19-10-8-14/h3-6,12,14H,7-10H2,1-2H3. The van der Waals surface area contributed by atoms with Crippen LogP contribution in [-0.4, -0.2) is 37.9 Å². The summed E-state index contributed by atoms with van der Waals surface area (Å²) in [5, 5.41) is -1.45. The first-order chi connectivity index (χ1) is 9.43. The van der Waals surface area contributed by atoms with E-state index in [1.165, 1.54) is 6.92 Å². The number of hydrogen-bond acceptors (Lipinski definition) is 4. The average molecular weight is 296 g/mol. The Morgan fingerprint density at radius 3 is 2.30 bits per heavy atom. The van der Waals surface area contributed by atoms with E-state index in [-0.39, 0.29) is 5.78 Å². The first-order valence-corrected chi connectivity index (χ1v) is 8.45. The molecule has 2 rings (SSSR count). The molecule has 0 bridgehead atoms. The summed E-state index contributed by atoms with van der Waals surface area (Å²) < 4.78 is 30.2. The number of hydrogen-bond donors (Lipinski definition) is 0. The normalized spacial score (nSPS) is 18.7. The van der Waals surface area contributed by atoms with Crippen LogP contribution in [0, 0.1) is 6.92 Å². The molecule has 1 heterocycles. The molecule has 0 saturated carbocycles. The molecule has 1 unspecified atom stereocenters. The lowest BCUT2D eigenvalue weighted by Crippen LogP contribution is -2.38. The van der Waals surface area contributed by atoms with Crippen LogP contribution in [0.25, 0.3) is 0 Å². The molecule has 0 radical (unpaired) electrons. The smallest absolute Gasteiger partial charge is 0.180 e. The van der Waals surface area contributed by atoms with Gasteiger partial charge in [-0.15, -0.1) is 0 Å². The Morgan fingerprint density at radius 2 is 1.75 bits per heavy atom. The van der Waals surface area contributed by atoms with Crippen molar-refractivity contribution in [1.82, 2.24) is 0 Å². The highest BCUT2D eigenvalue weighted by Crippen LogP contribution is 2.22. The third-order valence-corrected chi connectivity index (χ3v) is 6.43. The first-order valence-electron chi connectivity index (χ1n) is 6.84. The van der Waals surface area contributed by atoms with Gasteiger partial charge in [0.15, 0.2) is 15.6 Å². The Hall–Kier alpha value is -1.20. The third kappa shape index (κ3) is 3.10. The number of sulfone groups is 1. The summed E-state index contributed by atoms with van der Waals surface area (Å²) >= 11 is 0. The topological polar surface area (TPSA) is 60.4 Å². The lowest BCUT2D eigenvalue weighted by atomic mass is 10.1. The van der Waals surface area contributed by atoms with Gasteiger partial charge in [0, 0.05) is 18.8 Å². The summed E-state index contributed by atoms with van der Waals surface area (Å²) in [6.45, 7) is 4.33. The van der Waals surface area contributed by atoms with Crippen molar-refractivity contribution in [1.29, 1.82) is 0 Å². The highest BCUT2D eigenvalue weighted by molar-refractivity contribution is 7.93. The first kappa shape index (κ1) is 15.2. The van der Waals surface area contributed by atoms with Gasteiger partial charge >= 0.3 is 0 Å². The number of carbonyl (C=O) groups is 1. The molecule has 4 nitrogen and oxygen atoms in total. The monoisotopic (exact) mass is 296 g/mol. The van der Waals surface area contributed by atoms with Crippen molar-refractivity contribution < 1.29 is 17.9 Å². The molecule has 0 amide bonds. The fourth-order valence-corrected chi connectivity index (χ4v) is 4.26. The van der Waals surface area contributed by atoms with E-state index in [0.717, 1.165) is 5.56 Å². The molecular weight excluding hydrogens is 276 g/mol. The number of rotatable bonds is 4. The zero-order chi connectivity index (χ0) is 14.8. The molecule has 0 N–H and O–H groups in total. The third-order valence-electron chi connectivity index (χ3n) is 3.83. The van der Waals surface area contributed by atoms with Crippen LogP contribution in [0.4, 0.5) is 0 Å². The van der Waals surface area contributed by atoms with Gasteiger partial charge in [0.1, 0.15) is 5.25 Å². The molecule has 1 aromatic rings. The zero-order valence-corrected chi connectivity index (χ0v) is 12.7. The highest BCUT2D eigenvalue weighted by Gasteiger charge is 2.36. The van der Waals surface area contributed by atoms with E-state index in [0.29, 0.717) is 31.6 Å². The largest absolute Gasteiger partial charge is 0.381 e. The van der Waals surface area contributed by atoms with E-state index >= 15 is 0 Å². The molecule has 1 aliphatic heterocycles. The molecule has 110 valence electrons. The molecule has 1 aliphatic rings. The predicted molar refractivity (Wildman–Crippen MR) is 77.7 cm³/mol. The number of carbonyl (C=O) groups excluding carboxylic acids is 1. The van der Waals surface area contributed by atoms with Gasteiger partial charge in [-0.1, -0.05) is 29.8 Å². The lowest BCUT2D eigenvalue weighted by Gasteiger charge is -2.24. The Kier molecular flexibility index (Phi) is 4.60. The van der Waals surface area contributed by atoms with Crippen molar-refractivity contribution in [2.75, 3.05) is 13.2 Å². The van der Waals surface area contributed by atoms with Crippen molar-refractivity contribution >= 4 is 15.6 Å². The summed E-state index contributed by atoms with van der Waals surface area (Å²) in [5.74, 6) is -0.323. The summed E-state index contributed by atoms with van der Waals surface area (Å²) in [6, 6.07) is 7.02. The molecule has 0 aromatic heterocycles. The second-order valence-corrected chi connectivity index (χ2v) is 7.83. The lowest BCUT2D eigenvalue weighted by molar-refractivity contribution is 0.0957. The molecular formula is C15H20O4S. The minimum absolute atomic E-state index is 0.323. The van der Waals surface area contributed by atoms with Crippen molar-refractivity contribution in [3.63, 3.8) is 0 Å². The zero-order valence-electron chi connectivity index (χ0n) is 11.8. The molecule has 1 aromatic carbocycles. The fraction of sp³-hybridized carbons (Fsp3) is 0.533. The van der Waals surface area contributed by atoms with Gasteiger partial charge in [-0.2, -0.15) is 0 Å². The average Bonchev–Trinajstić information content (AvgIpc) is 2.47. The van der Waals surface area contributed by atoms with E-state index in [2.05, 4.69) is 0 Å². The van der Waals surface area contributed by atoms with Crippen LogP contribution in [-0.2, 0) is 14.6 Å². The maximum absolute atomic E-state index is 12.5. The second kappa shape index (κ2) is 6.06. The maximum atomic E-state index is 12.5. The van der Waals surface area contributed by atoms with Crippen LogP contribution in [0.15, 0.2) is 24.3 Å². The number of Topliss-reactive ketones (excluding diaryl/α,β-unsaturated/α-hetero) is 1. The molecule has 0 spiro atoms. The van der Waals surface area contributed by atoms with Crippen LogP contribution in [0.5, 0.6) is 0 Å². The van der Waals surface area contributed by atoms with Gasteiger partial charge in [0.05, 0.1) is 5.25 Å². The van der Waals surface area contributed by atoms with Crippen molar-refractivity contribution in [3.05, 3.63) is 35.4 Å². The maximum Gasteiger partial charge on any atom is 0.180 e. The van der Waals surface area contributed by atoms with Gasteiger partial charge in [-0.25, -0.2) is 8.42 Å². The second-order valence-electron chi connectivity index (χ2n) is 5.27. The summed E-state index contributed by atoms with van der Waals surface area (Å²) in [7, 11) is -3.45. The molecule has 20 heavy (non-hydrogen) atoms. The Bertz CT molecular complexity index is 568. The number of benzene rings is 1. The SMILES string of the molecule is Cc1ccc(C(=O)C(C)S(=O)(=O)C2CCOCC2)cc1. The van der Waals surface area contributed by atoms with E-state index in [1.54, 1.807) is 12.1 Å². The van der Waals surface area contributed by atoms with E-state index in [4.69, 9.17) is 4.74 Å². The highest BCUT2D eigenvalue weighted by atomic mass is 32.2. The summed E-state index contributed by atoms with van der Waals surface area (Å²) in [6.07, 6.45) is 0.960. The van der Waals surface area contributed by atoms with E-state index in [9.17, 15) is 13.2 Å². The minimum Gasteiger partial charge on any atom is -0.381 e. The van der Waals surface area contributed by atoms with Crippen molar-refractivity contribution in [2.45, 2.75) is 37.2 Å². The van der Waals surface area contributed by atoms with Crippen LogP contribution in [0.3, 0.4) is 0 Å². The van der Waals surface area contributed by atoms with E-state index in [1.807, 2.05) is 19.1 Å². The van der Waals surface area contributed by atoms with Gasteiger partial charge < -0.3 is 4.74 Å². The number of ketones is 1. The van der Waals surface area contributed by atoms with Crippen LogP contribution in [0.1, 0.15) is 35.7 Å². The quantitative estimate of drug-likeness (QED) is 0.799. The van der Waals surface area contributed by atoms with Gasteiger partial charge in [0.25, 0.3) is 0 Å². The number of aryl methyl sites for hydroxylation is 1.